The number of rotatable bonds is 5. The lowest BCUT2D eigenvalue weighted by Gasteiger charge is -2.19. The molecule has 5 heteroatoms. The summed E-state index contributed by atoms with van der Waals surface area (Å²) >= 11 is 1.86. The first-order chi connectivity index (χ1) is 24.7. The first kappa shape index (κ1) is 28.8. The van der Waals surface area contributed by atoms with Gasteiger partial charge in [0.1, 0.15) is 11.9 Å². The van der Waals surface area contributed by atoms with Gasteiger partial charge in [0, 0.05) is 48.3 Å². The average molecular weight is 660 g/mol. The van der Waals surface area contributed by atoms with Crippen molar-refractivity contribution in [2.24, 2.45) is 0 Å². The molecule has 2 atom stereocenters. The Labute approximate surface area is 293 Å². The number of fused-ring (bicyclic) bond motifs is 6. The summed E-state index contributed by atoms with van der Waals surface area (Å²) in [4.78, 5) is 15.1. The van der Waals surface area contributed by atoms with E-state index in [9.17, 15) is 0 Å². The molecule has 0 spiro atoms. The predicted octanol–water partition coefficient (Wildman–Crippen LogP) is 11.4. The molecular formula is C45H29N3OS. The van der Waals surface area contributed by atoms with Crippen molar-refractivity contribution in [3.8, 4) is 51.0 Å². The fourth-order valence-electron chi connectivity index (χ4n) is 7.22. The SMILES string of the molecule is C1=CC2c3cc(-c4nc(-c5ccccc5)nc(-c5cccc(-c6ccccc6)c5)n4)ccc3OC2C=C1c1cccc2c1sc1ccccc12. The average Bonchev–Trinajstić information content (AvgIpc) is 3.76. The molecule has 2 unspecified atom stereocenters. The summed E-state index contributed by atoms with van der Waals surface area (Å²) in [6.45, 7) is 0. The normalized spacial score (nSPS) is 16.2. The molecule has 6 aromatic carbocycles. The summed E-state index contributed by atoms with van der Waals surface area (Å²) in [5.74, 6) is 2.93. The Bertz CT molecular complexity index is 2640. The molecule has 0 fully saturated rings. The maximum absolute atomic E-state index is 6.59. The molecule has 8 aromatic rings. The standard InChI is InChI=1S/C45H29N3OS/c1-3-11-28(12-4-1)30-15-9-16-32(25-30)44-46-43(29-13-5-2-6-14-29)47-45(48-44)33-22-24-39-38(26-33)35-23-21-31(27-40(35)49-39)34-18-10-19-37-36-17-7-8-20-41(36)50-42(34)37/h1-27,35,40H. The summed E-state index contributed by atoms with van der Waals surface area (Å²) in [7, 11) is 0. The third-order valence-electron chi connectivity index (χ3n) is 9.68. The lowest BCUT2D eigenvalue weighted by atomic mass is 9.87. The number of hydrogen-bond acceptors (Lipinski definition) is 5. The van der Waals surface area contributed by atoms with Gasteiger partial charge >= 0.3 is 0 Å². The number of nitrogens with zero attached hydrogens (tertiary/aromatic N) is 3. The lowest BCUT2D eigenvalue weighted by Crippen LogP contribution is -2.17. The second-order valence-electron chi connectivity index (χ2n) is 12.7. The van der Waals surface area contributed by atoms with Gasteiger partial charge in [-0.05, 0) is 58.7 Å². The van der Waals surface area contributed by atoms with E-state index in [0.717, 1.165) is 39.1 Å². The molecule has 2 aliphatic rings. The van der Waals surface area contributed by atoms with Gasteiger partial charge in [0.25, 0.3) is 0 Å². The van der Waals surface area contributed by atoms with E-state index in [-0.39, 0.29) is 12.0 Å². The second-order valence-corrected chi connectivity index (χ2v) is 13.8. The molecule has 10 rings (SSSR count). The highest BCUT2D eigenvalue weighted by Crippen LogP contribution is 2.46. The van der Waals surface area contributed by atoms with Crippen LogP contribution in [-0.4, -0.2) is 21.1 Å². The van der Waals surface area contributed by atoms with Crippen LogP contribution in [0.1, 0.15) is 17.0 Å². The van der Waals surface area contributed by atoms with E-state index >= 15 is 0 Å². The van der Waals surface area contributed by atoms with Crippen molar-refractivity contribution in [2.45, 2.75) is 12.0 Å². The maximum atomic E-state index is 6.59. The molecule has 1 aliphatic heterocycles. The molecular weight excluding hydrogens is 631 g/mol. The predicted molar refractivity (Wildman–Crippen MR) is 205 cm³/mol. The van der Waals surface area contributed by atoms with E-state index in [1.165, 1.54) is 31.3 Å². The zero-order chi connectivity index (χ0) is 33.0. The maximum Gasteiger partial charge on any atom is 0.164 e. The number of hydrogen-bond donors (Lipinski definition) is 0. The Morgan fingerprint density at radius 3 is 1.98 bits per heavy atom. The van der Waals surface area contributed by atoms with Crippen molar-refractivity contribution in [3.05, 3.63) is 175 Å². The van der Waals surface area contributed by atoms with Crippen molar-refractivity contribution in [1.29, 1.82) is 0 Å². The molecule has 1 aliphatic carbocycles. The first-order valence-corrected chi connectivity index (χ1v) is 17.7. The number of benzene rings is 6. The van der Waals surface area contributed by atoms with Crippen LogP contribution in [0.3, 0.4) is 0 Å². The number of thiophene rings is 1. The molecule has 0 amide bonds. The van der Waals surface area contributed by atoms with Gasteiger partial charge in [0.15, 0.2) is 17.5 Å². The monoisotopic (exact) mass is 659 g/mol. The van der Waals surface area contributed by atoms with E-state index in [1.54, 1.807) is 0 Å². The van der Waals surface area contributed by atoms with E-state index in [2.05, 4.69) is 127 Å². The van der Waals surface area contributed by atoms with Crippen LogP contribution < -0.4 is 4.74 Å². The molecule has 0 saturated heterocycles. The minimum absolute atomic E-state index is 0.0839. The highest BCUT2D eigenvalue weighted by Gasteiger charge is 2.34. The van der Waals surface area contributed by atoms with Crippen LogP contribution in [0.5, 0.6) is 5.75 Å². The number of ether oxygens (including phenoxy) is 1. The Morgan fingerprint density at radius 1 is 0.520 bits per heavy atom. The third kappa shape index (κ3) is 4.94. The van der Waals surface area contributed by atoms with Crippen LogP contribution in [0.2, 0.25) is 0 Å². The Kier molecular flexibility index (Phi) is 6.78. The molecule has 3 heterocycles. The number of aromatic nitrogens is 3. The summed E-state index contributed by atoms with van der Waals surface area (Å²) < 4.78 is 9.21. The molecule has 0 radical (unpaired) electrons. The molecule has 0 bridgehead atoms. The van der Waals surface area contributed by atoms with Crippen LogP contribution in [0.25, 0.3) is 71.0 Å². The van der Waals surface area contributed by atoms with E-state index in [4.69, 9.17) is 19.7 Å². The fraction of sp³-hybridized carbons (Fsp3) is 0.0444. The van der Waals surface area contributed by atoms with Gasteiger partial charge in [-0.15, -0.1) is 11.3 Å². The minimum atomic E-state index is -0.0839. The summed E-state index contributed by atoms with van der Waals surface area (Å²) in [6.07, 6.45) is 6.77. The zero-order valence-electron chi connectivity index (χ0n) is 26.9. The molecule has 4 nitrogen and oxygen atoms in total. The molecule has 0 N–H and O–H groups in total. The second kappa shape index (κ2) is 11.8. The van der Waals surface area contributed by atoms with Crippen LogP contribution in [0.15, 0.2) is 164 Å². The van der Waals surface area contributed by atoms with Crippen molar-refractivity contribution >= 4 is 37.1 Å². The van der Waals surface area contributed by atoms with Crippen LogP contribution in [0, 0.1) is 0 Å². The summed E-state index contributed by atoms with van der Waals surface area (Å²) in [5.41, 5.74) is 8.69. The van der Waals surface area contributed by atoms with Gasteiger partial charge in [-0.3, -0.25) is 0 Å². The highest BCUT2D eigenvalue weighted by molar-refractivity contribution is 7.26. The minimum Gasteiger partial charge on any atom is -0.485 e. The molecule has 0 saturated carbocycles. The van der Waals surface area contributed by atoms with Crippen molar-refractivity contribution < 1.29 is 4.74 Å². The van der Waals surface area contributed by atoms with E-state index < -0.39 is 0 Å². The smallest absolute Gasteiger partial charge is 0.164 e. The van der Waals surface area contributed by atoms with Gasteiger partial charge in [-0.25, -0.2) is 15.0 Å². The largest absolute Gasteiger partial charge is 0.485 e. The van der Waals surface area contributed by atoms with E-state index in [1.807, 2.05) is 47.7 Å². The molecule has 2 aromatic heterocycles. The van der Waals surface area contributed by atoms with Gasteiger partial charge < -0.3 is 4.74 Å². The highest BCUT2D eigenvalue weighted by atomic mass is 32.1. The third-order valence-corrected chi connectivity index (χ3v) is 10.9. The first-order valence-electron chi connectivity index (χ1n) is 16.8. The van der Waals surface area contributed by atoms with Crippen molar-refractivity contribution in [3.63, 3.8) is 0 Å². The van der Waals surface area contributed by atoms with E-state index in [0.29, 0.717) is 17.5 Å². The topological polar surface area (TPSA) is 47.9 Å². The molecule has 50 heavy (non-hydrogen) atoms. The van der Waals surface area contributed by atoms with Gasteiger partial charge in [0.05, 0.1) is 0 Å². The fourth-order valence-corrected chi connectivity index (χ4v) is 8.45. The van der Waals surface area contributed by atoms with Gasteiger partial charge in [-0.2, -0.15) is 0 Å². The molecule has 236 valence electrons. The lowest BCUT2D eigenvalue weighted by molar-refractivity contribution is 0.269. The Morgan fingerprint density at radius 2 is 1.16 bits per heavy atom. The van der Waals surface area contributed by atoms with Crippen LogP contribution in [-0.2, 0) is 0 Å². The summed E-state index contributed by atoms with van der Waals surface area (Å²) in [5, 5.41) is 2.61. The van der Waals surface area contributed by atoms with Gasteiger partial charge in [-0.1, -0.05) is 127 Å². The Hall–Kier alpha value is -6.17. The van der Waals surface area contributed by atoms with Crippen LogP contribution in [0.4, 0.5) is 0 Å². The zero-order valence-corrected chi connectivity index (χ0v) is 27.7. The Balaban J connectivity index is 1.02. The van der Waals surface area contributed by atoms with Crippen molar-refractivity contribution in [2.75, 3.05) is 0 Å². The van der Waals surface area contributed by atoms with Crippen molar-refractivity contribution in [1.82, 2.24) is 15.0 Å². The van der Waals surface area contributed by atoms with Crippen LogP contribution >= 0.6 is 11.3 Å². The summed E-state index contributed by atoms with van der Waals surface area (Å²) in [6, 6.07) is 50.5. The number of allylic oxidation sites excluding steroid dienone is 2. The van der Waals surface area contributed by atoms with Gasteiger partial charge in [0.2, 0.25) is 0 Å². The quantitative estimate of drug-likeness (QED) is 0.184.